The lowest BCUT2D eigenvalue weighted by Crippen LogP contribution is -2.28. The molecule has 0 N–H and O–H groups in total. The lowest BCUT2D eigenvalue weighted by Gasteiger charge is -2.40. The highest BCUT2D eigenvalue weighted by Gasteiger charge is 2.65. The fourth-order valence-electron chi connectivity index (χ4n) is 4.51. The smallest absolute Gasteiger partial charge is 0.310 e. The van der Waals surface area contributed by atoms with Crippen LogP contribution in [0.2, 0.25) is 0 Å². The normalized spacial score (nSPS) is 18.7. The van der Waals surface area contributed by atoms with Gasteiger partial charge in [-0.15, -0.1) is 0 Å². The molecule has 1 atom stereocenters. The zero-order valence-electron chi connectivity index (χ0n) is 20.1. The van der Waals surface area contributed by atoms with Gasteiger partial charge in [0.1, 0.15) is 22.2 Å². The fraction of sp³-hybridized carbons (Fsp3) is 0.417. The van der Waals surface area contributed by atoms with Crippen molar-refractivity contribution in [3.8, 4) is 17.2 Å². The van der Waals surface area contributed by atoms with Crippen LogP contribution in [0.1, 0.15) is 32.0 Å². The molecule has 3 aromatic rings. The molecule has 198 valence electrons. The summed E-state index contributed by atoms with van der Waals surface area (Å²) < 4.78 is 79.0. The maximum absolute atomic E-state index is 13.3. The molecule has 0 amide bonds. The van der Waals surface area contributed by atoms with Crippen molar-refractivity contribution >= 4 is 21.1 Å². The topological polar surface area (TPSA) is 56.6 Å². The van der Waals surface area contributed by atoms with E-state index >= 15 is 0 Å². The van der Waals surface area contributed by atoms with Gasteiger partial charge in [0.15, 0.2) is 0 Å². The van der Waals surface area contributed by atoms with Crippen LogP contribution in [0.5, 0.6) is 11.5 Å². The van der Waals surface area contributed by atoms with E-state index in [0.717, 1.165) is 30.1 Å². The van der Waals surface area contributed by atoms with Crippen LogP contribution in [0.3, 0.4) is 0 Å². The van der Waals surface area contributed by atoms with Gasteiger partial charge in [0, 0.05) is 18.7 Å². The second-order valence-corrected chi connectivity index (χ2v) is 11.4. The molecule has 4 rings (SSSR count). The van der Waals surface area contributed by atoms with Crippen LogP contribution in [0.4, 0.5) is 19.4 Å². The molecule has 1 fully saturated rings. The number of benzene rings is 2. The molecule has 2 aromatic carbocycles. The van der Waals surface area contributed by atoms with Gasteiger partial charge in [-0.25, -0.2) is 4.98 Å². The third-order valence-electron chi connectivity index (χ3n) is 6.39. The molecule has 12 heteroatoms. The minimum Gasteiger partial charge on any atom is -0.494 e. The summed E-state index contributed by atoms with van der Waals surface area (Å²) in [6, 6.07) is 6.45. The van der Waals surface area contributed by atoms with Gasteiger partial charge in [-0.1, -0.05) is 19.4 Å². The van der Waals surface area contributed by atoms with Gasteiger partial charge in [0.05, 0.1) is 30.3 Å². The zero-order chi connectivity index (χ0) is 26.4. The minimum absolute atomic E-state index is 0.120. The van der Waals surface area contributed by atoms with Crippen LogP contribution in [0.25, 0.3) is 16.6 Å². The van der Waals surface area contributed by atoms with Crippen LogP contribution in [0.15, 0.2) is 46.1 Å². The van der Waals surface area contributed by atoms with Crippen LogP contribution >= 0.6 is 10.2 Å². The summed E-state index contributed by atoms with van der Waals surface area (Å²) in [4.78, 5) is 17.6. The summed E-state index contributed by atoms with van der Waals surface area (Å²) >= 11 is 0. The number of aryl methyl sites for hydroxylation is 1. The number of fused-ring (bicyclic) bond motifs is 1. The van der Waals surface area contributed by atoms with Crippen LogP contribution < -0.4 is 15.0 Å². The number of nitrogens with zero attached hydrogens (tertiary/aromatic N) is 3. The standard InChI is InChI=1S/C24H28F5N3O3S/c1-16-6-4-11-31(16)12-5-13-35-18-7-10-22(23(14-18)34-3)32-17(2)30-21-9-8-19(15-20(21)24(32)33)36(25,26,27,28)29/h7-10,14-16H,4-6,11-13H2,1-3H3/t16-/m1/s1. The summed E-state index contributed by atoms with van der Waals surface area (Å²) in [6.07, 6.45) is 3.23. The van der Waals surface area contributed by atoms with Gasteiger partial charge >= 0.3 is 10.2 Å². The molecule has 0 radical (unpaired) electrons. The first-order valence-corrected chi connectivity index (χ1v) is 13.5. The average Bonchev–Trinajstić information content (AvgIpc) is 3.20. The monoisotopic (exact) mass is 533 g/mol. The lowest BCUT2D eigenvalue weighted by atomic mass is 10.2. The maximum atomic E-state index is 13.3. The molecule has 1 saturated heterocycles. The molecule has 6 nitrogen and oxygen atoms in total. The number of likely N-dealkylation sites (tertiary alicyclic amines) is 1. The Hall–Kier alpha value is -2.86. The molecule has 36 heavy (non-hydrogen) atoms. The lowest BCUT2D eigenvalue weighted by molar-refractivity contribution is 0.230. The first-order valence-electron chi connectivity index (χ1n) is 11.5. The predicted molar refractivity (Wildman–Crippen MR) is 130 cm³/mol. The molecule has 1 aliphatic rings. The van der Waals surface area contributed by atoms with E-state index in [2.05, 4.69) is 16.8 Å². The Morgan fingerprint density at radius 1 is 1.11 bits per heavy atom. The number of hydrogen-bond acceptors (Lipinski definition) is 5. The molecule has 0 saturated carbocycles. The first kappa shape index (κ1) is 26.2. The molecule has 0 unspecified atom stereocenters. The second kappa shape index (κ2) is 8.62. The van der Waals surface area contributed by atoms with E-state index in [0.29, 0.717) is 18.4 Å². The van der Waals surface area contributed by atoms with E-state index in [-0.39, 0.29) is 34.9 Å². The highest BCUT2D eigenvalue weighted by atomic mass is 32.5. The second-order valence-electron chi connectivity index (χ2n) is 9.01. The Kier molecular flexibility index (Phi) is 6.27. The molecule has 1 aliphatic heterocycles. The number of aromatic nitrogens is 2. The largest absolute Gasteiger partial charge is 0.494 e. The predicted octanol–water partition coefficient (Wildman–Crippen LogP) is 6.61. The van der Waals surface area contributed by atoms with Crippen molar-refractivity contribution in [2.75, 3.05) is 26.8 Å². The summed E-state index contributed by atoms with van der Waals surface area (Å²) in [7, 11) is -8.60. The molecular weight excluding hydrogens is 505 g/mol. The van der Waals surface area contributed by atoms with Crippen molar-refractivity contribution in [2.45, 2.75) is 44.0 Å². The third-order valence-corrected chi connectivity index (χ3v) is 7.54. The fourth-order valence-corrected chi connectivity index (χ4v) is 5.18. The van der Waals surface area contributed by atoms with Gasteiger partial charge in [-0.2, -0.15) is 0 Å². The Morgan fingerprint density at radius 2 is 1.86 bits per heavy atom. The number of halogens is 5. The quantitative estimate of drug-likeness (QED) is 0.241. The van der Waals surface area contributed by atoms with Crippen molar-refractivity contribution < 1.29 is 28.9 Å². The minimum atomic E-state index is -9.98. The van der Waals surface area contributed by atoms with Crippen molar-refractivity contribution in [3.63, 3.8) is 0 Å². The van der Waals surface area contributed by atoms with E-state index in [1.54, 1.807) is 12.1 Å². The summed E-state index contributed by atoms with van der Waals surface area (Å²) in [6.45, 7) is 6.18. The van der Waals surface area contributed by atoms with Crippen molar-refractivity contribution in [1.29, 1.82) is 0 Å². The zero-order valence-corrected chi connectivity index (χ0v) is 21.0. The van der Waals surface area contributed by atoms with E-state index < -0.39 is 26.1 Å². The van der Waals surface area contributed by atoms with Crippen molar-refractivity contribution in [3.05, 3.63) is 52.6 Å². The van der Waals surface area contributed by atoms with Gasteiger partial charge in [0.25, 0.3) is 5.56 Å². The number of rotatable bonds is 8. The van der Waals surface area contributed by atoms with Crippen molar-refractivity contribution in [1.82, 2.24) is 14.5 Å². The van der Waals surface area contributed by atoms with Gasteiger partial charge < -0.3 is 14.4 Å². The molecular formula is C24H28F5N3O3S. The molecule has 0 spiro atoms. The molecule has 2 heterocycles. The third kappa shape index (κ3) is 5.44. The number of hydrogen-bond donors (Lipinski definition) is 0. The number of ether oxygens (including phenoxy) is 2. The summed E-state index contributed by atoms with van der Waals surface area (Å²) in [5, 5.41) is -0.579. The highest BCUT2D eigenvalue weighted by molar-refractivity contribution is 8.45. The highest BCUT2D eigenvalue weighted by Crippen LogP contribution is 3.02. The summed E-state index contributed by atoms with van der Waals surface area (Å²) in [5.41, 5.74) is -0.844. The van der Waals surface area contributed by atoms with Gasteiger partial charge in [-0.05, 0) is 70.0 Å². The van der Waals surface area contributed by atoms with Crippen LogP contribution in [-0.2, 0) is 0 Å². The van der Waals surface area contributed by atoms with E-state index in [1.165, 1.54) is 32.9 Å². The first-order chi connectivity index (χ1) is 16.7. The number of methoxy groups -OCH3 is 1. The Balaban J connectivity index is 1.64. The van der Waals surface area contributed by atoms with Crippen LogP contribution in [-0.4, -0.2) is 47.3 Å². The van der Waals surface area contributed by atoms with E-state index in [1.807, 2.05) is 0 Å². The molecule has 0 bridgehead atoms. The summed E-state index contributed by atoms with van der Waals surface area (Å²) in [5.74, 6) is 0.864. The van der Waals surface area contributed by atoms with E-state index in [9.17, 15) is 24.2 Å². The maximum Gasteiger partial charge on any atom is 0.310 e. The SMILES string of the molecule is COc1cc(OCCCN2CCC[C@H]2C)ccc1-n1c(C)nc2ccc(S(F)(F)(F)(F)F)cc2c1=O. The average molecular weight is 534 g/mol. The van der Waals surface area contributed by atoms with Crippen molar-refractivity contribution in [2.24, 2.45) is 0 Å². The Labute approximate surface area is 205 Å². The van der Waals surface area contributed by atoms with E-state index in [4.69, 9.17) is 9.47 Å². The Bertz CT molecular complexity index is 1360. The van der Waals surface area contributed by atoms with Crippen LogP contribution in [0, 0.1) is 6.92 Å². The van der Waals surface area contributed by atoms with Gasteiger partial charge in [0.2, 0.25) is 0 Å². The Morgan fingerprint density at radius 3 is 2.50 bits per heavy atom. The molecule has 1 aromatic heterocycles. The molecule has 0 aliphatic carbocycles. The van der Waals surface area contributed by atoms with Gasteiger partial charge in [-0.3, -0.25) is 9.36 Å².